The molecule has 1 amide bonds. The Kier molecular flexibility index (Phi) is 5.82. The van der Waals surface area contributed by atoms with Crippen LogP contribution in [0.25, 0.3) is 0 Å². The number of hydrogen-bond acceptors (Lipinski definition) is 3. The summed E-state index contributed by atoms with van der Waals surface area (Å²) < 4.78 is 0.745. The van der Waals surface area contributed by atoms with Gasteiger partial charge in [-0.05, 0) is 74.2 Å². The lowest BCUT2D eigenvalue weighted by molar-refractivity contribution is -0.136. The molecule has 0 saturated carbocycles. The second kappa shape index (κ2) is 8.30. The van der Waals surface area contributed by atoms with Gasteiger partial charge in [-0.3, -0.25) is 9.59 Å². The van der Waals surface area contributed by atoms with Gasteiger partial charge in [-0.25, -0.2) is 0 Å². The zero-order valence-corrected chi connectivity index (χ0v) is 20.3. The van der Waals surface area contributed by atoms with Gasteiger partial charge < -0.3 is 10.0 Å². The molecule has 0 bridgehead atoms. The number of rotatable bonds is 5. The number of anilines is 1. The molecule has 1 heterocycles. The smallest absolute Gasteiger partial charge is 0.264 e. The maximum atomic E-state index is 13.5. The summed E-state index contributed by atoms with van der Waals surface area (Å²) in [6.45, 7) is 8.18. The first-order valence-electron chi connectivity index (χ1n) is 10.6. The Morgan fingerprint density at radius 1 is 0.938 bits per heavy atom. The van der Waals surface area contributed by atoms with Crippen LogP contribution in [0.2, 0.25) is 0 Å². The summed E-state index contributed by atoms with van der Waals surface area (Å²) in [6, 6.07) is 17.2. The van der Waals surface area contributed by atoms with Crippen molar-refractivity contribution in [2.24, 2.45) is 0 Å². The van der Waals surface area contributed by atoms with Gasteiger partial charge >= 0.3 is 0 Å². The number of carbonyl (C=O) groups excluding carboxylic acids is 2. The second-order valence-corrected chi connectivity index (χ2v) is 9.67. The van der Waals surface area contributed by atoms with Gasteiger partial charge in [-0.15, -0.1) is 0 Å². The van der Waals surface area contributed by atoms with E-state index in [-0.39, 0.29) is 12.2 Å². The normalized spacial score (nSPS) is 17.6. The van der Waals surface area contributed by atoms with Crippen molar-refractivity contribution in [1.29, 1.82) is 0 Å². The van der Waals surface area contributed by atoms with Gasteiger partial charge in [0.25, 0.3) is 5.91 Å². The van der Waals surface area contributed by atoms with Crippen LogP contribution in [0.4, 0.5) is 5.69 Å². The van der Waals surface area contributed by atoms with Crippen molar-refractivity contribution in [2.45, 2.75) is 46.3 Å². The van der Waals surface area contributed by atoms with E-state index in [9.17, 15) is 14.7 Å². The molecule has 0 radical (unpaired) electrons. The van der Waals surface area contributed by atoms with E-state index in [0.29, 0.717) is 23.4 Å². The summed E-state index contributed by atoms with van der Waals surface area (Å²) in [5, 5.41) is 11.6. The zero-order valence-electron chi connectivity index (χ0n) is 18.7. The van der Waals surface area contributed by atoms with Gasteiger partial charge in [0, 0.05) is 15.6 Å². The predicted molar refractivity (Wildman–Crippen MR) is 130 cm³/mol. The van der Waals surface area contributed by atoms with E-state index in [1.807, 2.05) is 76.2 Å². The molecule has 4 nitrogen and oxygen atoms in total. The predicted octanol–water partition coefficient (Wildman–Crippen LogP) is 5.69. The van der Waals surface area contributed by atoms with Gasteiger partial charge in [0.15, 0.2) is 11.4 Å². The fraction of sp³-hybridized carbons (Fsp3) is 0.259. The molecule has 1 aliphatic heterocycles. The number of ketones is 1. The van der Waals surface area contributed by atoms with Crippen LogP contribution < -0.4 is 4.90 Å². The Labute approximate surface area is 197 Å². The maximum Gasteiger partial charge on any atom is 0.264 e. The van der Waals surface area contributed by atoms with Crippen LogP contribution in [-0.2, 0) is 16.9 Å². The monoisotopic (exact) mass is 491 g/mol. The number of aliphatic hydroxyl groups is 1. The molecule has 0 saturated heterocycles. The molecule has 3 aromatic carbocycles. The van der Waals surface area contributed by atoms with Crippen molar-refractivity contribution in [1.82, 2.24) is 0 Å². The average molecular weight is 492 g/mol. The highest BCUT2D eigenvalue weighted by Crippen LogP contribution is 2.45. The molecule has 5 heteroatoms. The molecule has 32 heavy (non-hydrogen) atoms. The van der Waals surface area contributed by atoms with E-state index in [1.54, 1.807) is 11.0 Å². The highest BCUT2D eigenvalue weighted by atomic mass is 79.9. The number of fused-ring (bicyclic) bond motifs is 1. The van der Waals surface area contributed by atoms with Crippen molar-refractivity contribution in [3.8, 4) is 0 Å². The molecule has 1 atom stereocenters. The van der Waals surface area contributed by atoms with E-state index in [2.05, 4.69) is 15.9 Å². The van der Waals surface area contributed by atoms with Crippen LogP contribution in [0.3, 0.4) is 0 Å². The van der Waals surface area contributed by atoms with Crippen molar-refractivity contribution < 1.29 is 14.7 Å². The van der Waals surface area contributed by atoms with Crippen molar-refractivity contribution >= 4 is 33.3 Å². The number of carbonyl (C=O) groups is 2. The Morgan fingerprint density at radius 2 is 1.59 bits per heavy atom. The van der Waals surface area contributed by atoms with Crippen LogP contribution in [0.1, 0.15) is 50.2 Å². The molecule has 0 fully saturated rings. The summed E-state index contributed by atoms with van der Waals surface area (Å²) in [6.07, 6.45) is -0.303. The number of Topliss-reactive ketones (excluding diaryl/α,β-unsaturated/α-hetero) is 1. The van der Waals surface area contributed by atoms with Gasteiger partial charge in [0.2, 0.25) is 0 Å². The number of benzene rings is 3. The number of nitrogens with zero attached hydrogens (tertiary/aromatic N) is 1. The topological polar surface area (TPSA) is 57.6 Å². The number of amides is 1. The molecule has 1 aliphatic rings. The molecule has 0 aromatic heterocycles. The minimum absolute atomic E-state index is 0.246. The Hall–Kier alpha value is -2.76. The maximum absolute atomic E-state index is 13.5. The highest BCUT2D eigenvalue weighted by molar-refractivity contribution is 9.10. The molecule has 4 rings (SSSR count). The first-order chi connectivity index (χ1) is 15.1. The van der Waals surface area contributed by atoms with Crippen LogP contribution in [0, 0.1) is 27.7 Å². The molecular weight excluding hydrogens is 466 g/mol. The lowest BCUT2D eigenvalue weighted by Crippen LogP contribution is -2.41. The minimum atomic E-state index is -1.91. The molecule has 164 valence electrons. The number of halogens is 1. The third-order valence-electron chi connectivity index (χ3n) is 6.31. The largest absolute Gasteiger partial charge is 0.375 e. The van der Waals surface area contributed by atoms with Crippen LogP contribution in [0.5, 0.6) is 0 Å². The van der Waals surface area contributed by atoms with E-state index in [0.717, 1.165) is 32.3 Å². The van der Waals surface area contributed by atoms with Crippen molar-refractivity contribution in [3.05, 3.63) is 98.0 Å². The first-order valence-corrected chi connectivity index (χ1v) is 11.4. The summed E-state index contributed by atoms with van der Waals surface area (Å²) in [5.74, 6) is -0.717. The van der Waals surface area contributed by atoms with Gasteiger partial charge in [0.05, 0.1) is 18.7 Å². The molecule has 3 aromatic rings. The summed E-state index contributed by atoms with van der Waals surface area (Å²) in [5.41, 5.74) is 4.77. The standard InChI is InChI=1S/C27H26BrNO3/c1-16-5-7-20(8-6-16)15-29-24-10-9-21(28)13-23(24)27(32,26(29)31)14-25(30)22-12-18(3)17(2)11-19(22)4/h5-13,32H,14-15H2,1-4H3. The molecule has 0 aliphatic carbocycles. The molecule has 0 spiro atoms. The first kappa shape index (κ1) is 22.4. The van der Waals surface area contributed by atoms with E-state index in [1.165, 1.54) is 0 Å². The molecule has 1 unspecified atom stereocenters. The lowest BCUT2D eigenvalue weighted by Gasteiger charge is -2.23. The van der Waals surface area contributed by atoms with Crippen molar-refractivity contribution in [3.63, 3.8) is 0 Å². The fourth-order valence-corrected chi connectivity index (χ4v) is 4.68. The van der Waals surface area contributed by atoms with Gasteiger partial charge in [-0.2, -0.15) is 0 Å². The van der Waals surface area contributed by atoms with Crippen LogP contribution >= 0.6 is 15.9 Å². The third-order valence-corrected chi connectivity index (χ3v) is 6.81. The Bertz CT molecular complexity index is 1230. The summed E-state index contributed by atoms with van der Waals surface area (Å²) >= 11 is 3.45. The minimum Gasteiger partial charge on any atom is -0.375 e. The molecule has 1 N–H and O–H groups in total. The van der Waals surface area contributed by atoms with E-state index >= 15 is 0 Å². The van der Waals surface area contributed by atoms with Crippen LogP contribution in [0.15, 0.2) is 59.1 Å². The van der Waals surface area contributed by atoms with Gasteiger partial charge in [0.1, 0.15) is 0 Å². The second-order valence-electron chi connectivity index (χ2n) is 8.75. The van der Waals surface area contributed by atoms with Crippen molar-refractivity contribution in [2.75, 3.05) is 4.90 Å². The van der Waals surface area contributed by atoms with E-state index in [4.69, 9.17) is 0 Å². The fourth-order valence-electron chi connectivity index (χ4n) is 4.32. The SMILES string of the molecule is Cc1ccc(CN2C(=O)C(O)(CC(=O)c3cc(C)c(C)cc3C)c3cc(Br)ccc32)cc1. The Balaban J connectivity index is 1.72. The number of aryl methyl sites for hydroxylation is 4. The van der Waals surface area contributed by atoms with Crippen LogP contribution in [-0.4, -0.2) is 16.8 Å². The third kappa shape index (κ3) is 3.91. The lowest BCUT2D eigenvalue weighted by atomic mass is 9.86. The summed E-state index contributed by atoms with van der Waals surface area (Å²) in [7, 11) is 0. The van der Waals surface area contributed by atoms with E-state index < -0.39 is 11.5 Å². The van der Waals surface area contributed by atoms with Gasteiger partial charge in [-0.1, -0.05) is 51.8 Å². The Morgan fingerprint density at radius 3 is 2.28 bits per heavy atom. The summed E-state index contributed by atoms with van der Waals surface area (Å²) in [4.78, 5) is 28.4. The quantitative estimate of drug-likeness (QED) is 0.466. The highest BCUT2D eigenvalue weighted by Gasteiger charge is 2.51. The number of hydrogen-bond donors (Lipinski definition) is 1. The average Bonchev–Trinajstić information content (AvgIpc) is 2.93. The molecular formula is C27H26BrNO3. The zero-order chi connectivity index (χ0) is 23.2.